The van der Waals surface area contributed by atoms with Crippen LogP contribution in [0.5, 0.6) is 0 Å². The lowest BCUT2D eigenvalue weighted by Crippen LogP contribution is -2.48. The molecule has 4 atom stereocenters. The fourth-order valence-electron chi connectivity index (χ4n) is 3.68. The highest BCUT2D eigenvalue weighted by Crippen LogP contribution is 2.38. The first-order valence-corrected chi connectivity index (χ1v) is 6.85. The quantitative estimate of drug-likeness (QED) is 0.767. The fourth-order valence-corrected chi connectivity index (χ4v) is 3.68. The van der Waals surface area contributed by atoms with Crippen LogP contribution < -0.4 is 5.32 Å². The van der Waals surface area contributed by atoms with E-state index >= 15 is 0 Å². The summed E-state index contributed by atoms with van der Waals surface area (Å²) in [5.74, 6) is 1.62. The van der Waals surface area contributed by atoms with Gasteiger partial charge in [-0.3, -0.25) is 4.79 Å². The van der Waals surface area contributed by atoms with Crippen molar-refractivity contribution in [3.05, 3.63) is 0 Å². The van der Waals surface area contributed by atoms with E-state index in [1.807, 2.05) is 11.9 Å². The Balaban J connectivity index is 1.65. The number of nitrogens with zero attached hydrogens (tertiary/aromatic N) is 1. The summed E-state index contributed by atoms with van der Waals surface area (Å²) >= 11 is 0. The van der Waals surface area contributed by atoms with E-state index in [-0.39, 0.29) is 11.9 Å². The van der Waals surface area contributed by atoms with E-state index in [0.29, 0.717) is 18.6 Å². The Morgan fingerprint density at radius 2 is 2.24 bits per heavy atom. The van der Waals surface area contributed by atoms with Crippen molar-refractivity contribution >= 4 is 5.91 Å². The van der Waals surface area contributed by atoms with E-state index in [4.69, 9.17) is 4.74 Å². The van der Waals surface area contributed by atoms with Gasteiger partial charge in [0.15, 0.2) is 0 Å². The van der Waals surface area contributed by atoms with Crippen molar-refractivity contribution in [1.29, 1.82) is 0 Å². The van der Waals surface area contributed by atoms with E-state index in [9.17, 15) is 4.79 Å². The molecule has 1 saturated carbocycles. The average Bonchev–Trinajstić information content (AvgIpc) is 3.03. The second kappa shape index (κ2) is 4.58. The lowest BCUT2D eigenvalue weighted by atomic mass is 9.93. The largest absolute Gasteiger partial charge is 0.379 e. The van der Waals surface area contributed by atoms with Crippen molar-refractivity contribution in [1.82, 2.24) is 10.2 Å². The van der Waals surface area contributed by atoms with Crippen LogP contribution in [0.3, 0.4) is 0 Å². The average molecular weight is 238 g/mol. The summed E-state index contributed by atoms with van der Waals surface area (Å²) < 4.78 is 5.36. The molecule has 1 amide bonds. The highest BCUT2D eigenvalue weighted by Gasteiger charge is 2.44. The molecule has 0 bridgehead atoms. The Hall–Kier alpha value is -0.610. The third-order valence-corrected chi connectivity index (χ3v) is 4.81. The Kier molecular flexibility index (Phi) is 3.09. The van der Waals surface area contributed by atoms with Gasteiger partial charge in [0.2, 0.25) is 5.91 Å². The molecule has 0 aromatic heterocycles. The fraction of sp³-hybridized carbons (Fsp3) is 0.923. The van der Waals surface area contributed by atoms with Gasteiger partial charge in [-0.1, -0.05) is 6.42 Å². The van der Waals surface area contributed by atoms with Gasteiger partial charge in [0.25, 0.3) is 0 Å². The van der Waals surface area contributed by atoms with Crippen molar-refractivity contribution in [3.63, 3.8) is 0 Å². The lowest BCUT2D eigenvalue weighted by Gasteiger charge is -2.28. The van der Waals surface area contributed by atoms with Crippen LogP contribution in [0.25, 0.3) is 0 Å². The lowest BCUT2D eigenvalue weighted by molar-refractivity contribution is -0.135. The van der Waals surface area contributed by atoms with Gasteiger partial charge in [-0.2, -0.15) is 0 Å². The molecule has 3 aliphatic rings. The molecule has 0 radical (unpaired) electrons. The van der Waals surface area contributed by atoms with Crippen molar-refractivity contribution in [2.45, 2.75) is 37.8 Å². The van der Waals surface area contributed by atoms with Crippen LogP contribution in [0.4, 0.5) is 0 Å². The molecule has 0 aromatic rings. The second-order valence-corrected chi connectivity index (χ2v) is 5.71. The van der Waals surface area contributed by atoms with Crippen LogP contribution in [-0.4, -0.2) is 49.7 Å². The standard InChI is InChI=1S/C13H22N2O2/c1-15(10-5-6-17-8-10)13(16)12-11-4-2-3-9(11)7-14-12/h9-12,14H,2-8H2,1H3. The number of rotatable bonds is 2. The first kappa shape index (κ1) is 11.5. The maximum atomic E-state index is 12.5. The third kappa shape index (κ3) is 1.97. The van der Waals surface area contributed by atoms with E-state index in [0.717, 1.165) is 25.5 Å². The number of hydrogen-bond donors (Lipinski definition) is 1. The number of likely N-dealkylation sites (N-methyl/N-ethyl adjacent to an activating group) is 1. The molecule has 2 saturated heterocycles. The molecule has 0 aromatic carbocycles. The zero-order valence-corrected chi connectivity index (χ0v) is 10.5. The minimum absolute atomic E-state index is 0.0769. The minimum Gasteiger partial charge on any atom is -0.379 e. The number of fused-ring (bicyclic) bond motifs is 1. The smallest absolute Gasteiger partial charge is 0.240 e. The first-order chi connectivity index (χ1) is 8.27. The van der Waals surface area contributed by atoms with Crippen molar-refractivity contribution < 1.29 is 9.53 Å². The van der Waals surface area contributed by atoms with Crippen molar-refractivity contribution in [3.8, 4) is 0 Å². The van der Waals surface area contributed by atoms with Crippen molar-refractivity contribution in [2.75, 3.05) is 26.8 Å². The highest BCUT2D eigenvalue weighted by atomic mass is 16.5. The first-order valence-electron chi connectivity index (χ1n) is 6.85. The number of carbonyl (C=O) groups is 1. The van der Waals surface area contributed by atoms with Gasteiger partial charge in [0, 0.05) is 13.7 Å². The van der Waals surface area contributed by atoms with Crippen LogP contribution >= 0.6 is 0 Å². The van der Waals surface area contributed by atoms with Crippen LogP contribution in [0.2, 0.25) is 0 Å². The Labute approximate surface area is 103 Å². The Bertz CT molecular complexity index is 302. The Morgan fingerprint density at radius 3 is 3.00 bits per heavy atom. The van der Waals surface area contributed by atoms with Gasteiger partial charge in [-0.05, 0) is 37.6 Å². The molecular formula is C13H22N2O2. The van der Waals surface area contributed by atoms with Crippen LogP contribution in [0, 0.1) is 11.8 Å². The third-order valence-electron chi connectivity index (χ3n) is 4.81. The summed E-state index contributed by atoms with van der Waals surface area (Å²) in [4.78, 5) is 14.4. The number of nitrogens with one attached hydrogen (secondary N) is 1. The second-order valence-electron chi connectivity index (χ2n) is 5.71. The van der Waals surface area contributed by atoms with Gasteiger partial charge >= 0.3 is 0 Å². The molecule has 1 aliphatic carbocycles. The van der Waals surface area contributed by atoms with E-state index in [1.165, 1.54) is 19.3 Å². The maximum Gasteiger partial charge on any atom is 0.240 e. The molecule has 3 fully saturated rings. The zero-order chi connectivity index (χ0) is 11.8. The normalized spacial score (nSPS) is 40.5. The monoisotopic (exact) mass is 238 g/mol. The SMILES string of the molecule is CN(C(=O)C1NCC2CCCC21)C1CCOC1. The molecule has 4 nitrogen and oxygen atoms in total. The molecular weight excluding hydrogens is 216 g/mol. The summed E-state index contributed by atoms with van der Waals surface area (Å²) in [7, 11) is 1.94. The molecule has 17 heavy (non-hydrogen) atoms. The van der Waals surface area contributed by atoms with E-state index in [2.05, 4.69) is 5.32 Å². The van der Waals surface area contributed by atoms with Crippen LogP contribution in [0.1, 0.15) is 25.7 Å². The highest BCUT2D eigenvalue weighted by molar-refractivity contribution is 5.82. The molecule has 4 heteroatoms. The number of hydrogen-bond acceptors (Lipinski definition) is 3. The predicted octanol–water partition coefficient (Wildman–Crippen LogP) is 0.622. The Morgan fingerprint density at radius 1 is 1.35 bits per heavy atom. The van der Waals surface area contributed by atoms with Crippen molar-refractivity contribution in [2.24, 2.45) is 11.8 Å². The summed E-state index contributed by atoms with van der Waals surface area (Å²) in [6, 6.07) is 0.373. The van der Waals surface area contributed by atoms with Gasteiger partial charge in [-0.25, -0.2) is 0 Å². The molecule has 2 aliphatic heterocycles. The zero-order valence-electron chi connectivity index (χ0n) is 10.5. The number of ether oxygens (including phenoxy) is 1. The van der Waals surface area contributed by atoms with Gasteiger partial charge in [0.05, 0.1) is 18.7 Å². The summed E-state index contributed by atoms with van der Waals surface area (Å²) in [5.41, 5.74) is 0. The van der Waals surface area contributed by atoms with Gasteiger partial charge < -0.3 is 15.0 Å². The van der Waals surface area contributed by atoms with Crippen LogP contribution in [-0.2, 0) is 9.53 Å². The summed E-state index contributed by atoms with van der Waals surface area (Å²) in [6.45, 7) is 2.55. The van der Waals surface area contributed by atoms with E-state index in [1.54, 1.807) is 0 Å². The molecule has 3 rings (SSSR count). The van der Waals surface area contributed by atoms with Crippen LogP contribution in [0.15, 0.2) is 0 Å². The van der Waals surface area contributed by atoms with Gasteiger partial charge in [0.1, 0.15) is 0 Å². The molecule has 2 heterocycles. The minimum atomic E-state index is 0.0769. The number of amides is 1. The topological polar surface area (TPSA) is 41.6 Å². The predicted molar refractivity (Wildman–Crippen MR) is 64.6 cm³/mol. The molecule has 96 valence electrons. The summed E-state index contributed by atoms with van der Waals surface area (Å²) in [6.07, 6.45) is 4.82. The van der Waals surface area contributed by atoms with E-state index < -0.39 is 0 Å². The number of carbonyl (C=O) groups excluding carboxylic acids is 1. The summed E-state index contributed by atoms with van der Waals surface area (Å²) in [5, 5.41) is 3.43. The van der Waals surface area contributed by atoms with Gasteiger partial charge in [-0.15, -0.1) is 0 Å². The molecule has 4 unspecified atom stereocenters. The maximum absolute atomic E-state index is 12.5. The molecule has 1 N–H and O–H groups in total. The molecule has 0 spiro atoms.